The van der Waals surface area contributed by atoms with Gasteiger partial charge in [0, 0.05) is 18.7 Å². The van der Waals surface area contributed by atoms with Gasteiger partial charge in [-0.05, 0) is 63.1 Å². The van der Waals surface area contributed by atoms with Crippen LogP contribution < -0.4 is 18.9 Å². The molecular weight excluding hydrogens is 514 g/mol. The van der Waals surface area contributed by atoms with E-state index < -0.39 is 17.7 Å². The third-order valence-corrected chi connectivity index (χ3v) is 6.35. The minimum Gasteiger partial charge on any atom is -0.507 e. The number of hydrogen-bond acceptors (Lipinski definition) is 8. The van der Waals surface area contributed by atoms with Gasteiger partial charge in [0.05, 0.1) is 50.7 Å². The van der Waals surface area contributed by atoms with Gasteiger partial charge in [0.1, 0.15) is 11.5 Å². The van der Waals surface area contributed by atoms with Crippen LogP contribution in [0.5, 0.6) is 23.0 Å². The van der Waals surface area contributed by atoms with Gasteiger partial charge in [0.15, 0.2) is 11.5 Å². The molecule has 3 rings (SSSR count). The third-order valence-electron chi connectivity index (χ3n) is 6.04. The summed E-state index contributed by atoms with van der Waals surface area (Å²) in [4.78, 5) is 28.1. The molecule has 1 unspecified atom stereocenters. The molecule has 0 radical (unpaired) electrons. The van der Waals surface area contributed by atoms with Crippen LogP contribution in [0.2, 0.25) is 5.02 Å². The summed E-state index contributed by atoms with van der Waals surface area (Å²) in [5, 5.41) is 11.8. The van der Waals surface area contributed by atoms with Crippen molar-refractivity contribution in [3.63, 3.8) is 0 Å². The summed E-state index contributed by atoms with van der Waals surface area (Å²) in [6, 6.07) is 7.07. The smallest absolute Gasteiger partial charge is 0.295 e. The number of methoxy groups -OCH3 is 3. The highest BCUT2D eigenvalue weighted by molar-refractivity contribution is 6.46. The Morgan fingerprint density at radius 3 is 2.24 bits per heavy atom. The Hall–Kier alpha value is -3.43. The van der Waals surface area contributed by atoms with E-state index in [0.717, 1.165) is 0 Å². The lowest BCUT2D eigenvalue weighted by Gasteiger charge is -2.26. The van der Waals surface area contributed by atoms with Crippen molar-refractivity contribution in [2.24, 2.45) is 0 Å². The van der Waals surface area contributed by atoms with E-state index in [1.54, 1.807) is 24.3 Å². The zero-order valence-corrected chi connectivity index (χ0v) is 23.3. The van der Waals surface area contributed by atoms with Crippen LogP contribution in [0.4, 0.5) is 0 Å². The number of ether oxygens (including phenoxy) is 5. The van der Waals surface area contributed by atoms with Gasteiger partial charge < -0.3 is 33.7 Å². The van der Waals surface area contributed by atoms with Crippen molar-refractivity contribution in [1.82, 2.24) is 4.90 Å². The Labute approximate surface area is 227 Å². The zero-order valence-electron chi connectivity index (χ0n) is 22.5. The fourth-order valence-electron chi connectivity index (χ4n) is 4.34. The standard InChI is InChI=1S/C28H34ClNO8/c1-7-37-20-13-17(9-10-19(20)29)25(31)23-24(18-14-21(34-4)27(36-6)22(15-18)35-5)30(28(33)26(23)32)11-8-12-38-16(2)3/h9-10,13-16,24,31H,7-8,11-12H2,1-6H3/b25-23+. The van der Waals surface area contributed by atoms with Crippen LogP contribution in [0.1, 0.15) is 44.4 Å². The second-order valence-corrected chi connectivity index (χ2v) is 9.21. The maximum absolute atomic E-state index is 13.4. The molecule has 1 saturated heterocycles. The number of amides is 1. The molecule has 0 aliphatic carbocycles. The van der Waals surface area contributed by atoms with Crippen molar-refractivity contribution in [3.8, 4) is 23.0 Å². The van der Waals surface area contributed by atoms with E-state index in [0.29, 0.717) is 53.2 Å². The van der Waals surface area contributed by atoms with E-state index in [4.69, 9.17) is 35.3 Å². The molecule has 10 heteroatoms. The predicted octanol–water partition coefficient (Wildman–Crippen LogP) is 5.00. The number of ketones is 1. The Balaban J connectivity index is 2.19. The summed E-state index contributed by atoms with van der Waals surface area (Å²) in [6.45, 7) is 6.63. The molecule has 1 N–H and O–H groups in total. The molecule has 0 saturated carbocycles. The van der Waals surface area contributed by atoms with Crippen LogP contribution >= 0.6 is 11.6 Å². The van der Waals surface area contributed by atoms with Gasteiger partial charge in [-0.2, -0.15) is 0 Å². The third kappa shape index (κ3) is 6.00. The highest BCUT2D eigenvalue weighted by atomic mass is 35.5. The summed E-state index contributed by atoms with van der Waals surface area (Å²) in [5.74, 6) is -0.474. The van der Waals surface area contributed by atoms with Gasteiger partial charge in [-0.25, -0.2) is 0 Å². The molecule has 0 spiro atoms. The topological polar surface area (TPSA) is 104 Å². The first-order valence-electron chi connectivity index (χ1n) is 12.3. The first kappa shape index (κ1) is 29.1. The average Bonchev–Trinajstić information content (AvgIpc) is 3.15. The van der Waals surface area contributed by atoms with E-state index in [9.17, 15) is 14.7 Å². The van der Waals surface area contributed by atoms with Gasteiger partial charge in [0.25, 0.3) is 11.7 Å². The van der Waals surface area contributed by atoms with Gasteiger partial charge in [-0.1, -0.05) is 11.6 Å². The molecule has 2 aromatic rings. The van der Waals surface area contributed by atoms with E-state index in [2.05, 4.69) is 0 Å². The fourth-order valence-corrected chi connectivity index (χ4v) is 4.51. The van der Waals surface area contributed by atoms with Crippen LogP contribution in [0.25, 0.3) is 5.76 Å². The van der Waals surface area contributed by atoms with Crippen molar-refractivity contribution in [2.45, 2.75) is 39.3 Å². The van der Waals surface area contributed by atoms with E-state index in [1.807, 2.05) is 20.8 Å². The number of aliphatic hydroxyl groups is 1. The highest BCUT2D eigenvalue weighted by Crippen LogP contribution is 2.46. The number of nitrogens with zero attached hydrogens (tertiary/aromatic N) is 1. The maximum Gasteiger partial charge on any atom is 0.295 e. The summed E-state index contributed by atoms with van der Waals surface area (Å²) >= 11 is 6.22. The highest BCUT2D eigenvalue weighted by Gasteiger charge is 2.46. The monoisotopic (exact) mass is 547 g/mol. The number of rotatable bonds is 12. The number of carbonyl (C=O) groups excluding carboxylic acids is 2. The Bertz CT molecular complexity index is 1180. The van der Waals surface area contributed by atoms with Crippen LogP contribution in [-0.2, 0) is 14.3 Å². The summed E-state index contributed by atoms with van der Waals surface area (Å²) in [6.07, 6.45) is 0.516. The predicted molar refractivity (Wildman–Crippen MR) is 143 cm³/mol. The second kappa shape index (κ2) is 12.9. The van der Waals surface area contributed by atoms with Gasteiger partial charge in [-0.15, -0.1) is 0 Å². The number of halogens is 1. The number of benzene rings is 2. The SMILES string of the molecule is CCOc1cc(/C(O)=C2\C(=O)C(=O)N(CCCOC(C)C)C2c2cc(OC)c(OC)c(OC)c2)ccc1Cl. The average molecular weight is 548 g/mol. The van der Waals surface area contributed by atoms with Gasteiger partial charge in [-0.3, -0.25) is 9.59 Å². The Morgan fingerprint density at radius 1 is 1.03 bits per heavy atom. The molecule has 1 fully saturated rings. The molecule has 1 heterocycles. The summed E-state index contributed by atoms with van der Waals surface area (Å²) in [7, 11) is 4.44. The maximum atomic E-state index is 13.4. The van der Waals surface area contributed by atoms with E-state index in [-0.39, 0.29) is 29.5 Å². The largest absolute Gasteiger partial charge is 0.507 e. The molecule has 206 valence electrons. The van der Waals surface area contributed by atoms with Crippen LogP contribution in [0.3, 0.4) is 0 Å². The molecule has 1 aliphatic heterocycles. The zero-order chi connectivity index (χ0) is 28.0. The first-order valence-corrected chi connectivity index (χ1v) is 12.7. The number of carbonyl (C=O) groups is 2. The minimum atomic E-state index is -0.922. The Kier molecular flexibility index (Phi) is 9.88. The molecule has 1 amide bonds. The number of hydrogen-bond donors (Lipinski definition) is 1. The van der Waals surface area contributed by atoms with Crippen LogP contribution in [0, 0.1) is 0 Å². The number of likely N-dealkylation sites (tertiary alicyclic amines) is 1. The van der Waals surface area contributed by atoms with Crippen molar-refractivity contribution >= 4 is 29.1 Å². The summed E-state index contributed by atoms with van der Waals surface area (Å²) in [5.41, 5.74) is 0.722. The summed E-state index contributed by atoms with van der Waals surface area (Å²) < 4.78 is 27.6. The van der Waals surface area contributed by atoms with Crippen LogP contribution in [0.15, 0.2) is 35.9 Å². The molecule has 9 nitrogen and oxygen atoms in total. The Morgan fingerprint density at radius 2 is 1.68 bits per heavy atom. The lowest BCUT2D eigenvalue weighted by atomic mass is 9.94. The second-order valence-electron chi connectivity index (χ2n) is 8.80. The molecule has 2 aromatic carbocycles. The molecule has 0 bridgehead atoms. The van der Waals surface area contributed by atoms with Crippen molar-refractivity contribution in [2.75, 3.05) is 41.1 Å². The quantitative estimate of drug-likeness (QED) is 0.171. The van der Waals surface area contributed by atoms with Gasteiger partial charge in [0.2, 0.25) is 5.75 Å². The minimum absolute atomic E-state index is 0.0285. The van der Waals surface area contributed by atoms with Crippen LogP contribution in [-0.4, -0.2) is 68.9 Å². The van der Waals surface area contributed by atoms with E-state index >= 15 is 0 Å². The molecule has 1 atom stereocenters. The van der Waals surface area contributed by atoms with Gasteiger partial charge >= 0.3 is 0 Å². The van der Waals surface area contributed by atoms with Crippen molar-refractivity contribution in [3.05, 3.63) is 52.1 Å². The number of aliphatic hydroxyl groups excluding tert-OH is 1. The molecule has 0 aromatic heterocycles. The van der Waals surface area contributed by atoms with E-state index in [1.165, 1.54) is 32.3 Å². The normalized spacial score (nSPS) is 16.7. The lowest BCUT2D eigenvalue weighted by Crippen LogP contribution is -2.31. The van der Waals surface area contributed by atoms with Crippen molar-refractivity contribution in [1.29, 1.82) is 0 Å². The lowest BCUT2D eigenvalue weighted by molar-refractivity contribution is -0.140. The van der Waals surface area contributed by atoms with Crippen molar-refractivity contribution < 1.29 is 38.4 Å². The molecule has 1 aliphatic rings. The number of Topliss-reactive ketones (excluding diaryl/α,β-unsaturated/α-hetero) is 1. The first-order chi connectivity index (χ1) is 18.2. The molecule has 38 heavy (non-hydrogen) atoms. The fraction of sp³-hybridized carbons (Fsp3) is 0.429. The molecular formula is C28H34ClNO8.